The van der Waals surface area contributed by atoms with Gasteiger partial charge < -0.3 is 9.73 Å². The van der Waals surface area contributed by atoms with Gasteiger partial charge in [0.15, 0.2) is 0 Å². The number of aryl methyl sites for hydroxylation is 4. The molecule has 0 aromatic heterocycles. The van der Waals surface area contributed by atoms with E-state index in [-0.39, 0.29) is 10.8 Å². The summed E-state index contributed by atoms with van der Waals surface area (Å²) in [5.74, 6) is 0.908. The number of benzene rings is 5. The van der Waals surface area contributed by atoms with E-state index in [0.29, 0.717) is 23.5 Å². The Morgan fingerprint density at radius 1 is 0.760 bits per heavy atom. The average molecular weight is 686 g/mol. The van der Waals surface area contributed by atoms with E-state index in [0.717, 1.165) is 86.9 Å². The number of rotatable bonds is 12. The number of anilines is 2. The van der Waals surface area contributed by atoms with Crippen molar-refractivity contribution < 1.29 is 12.8 Å². The van der Waals surface area contributed by atoms with Gasteiger partial charge in [-0.05, 0) is 92.6 Å². The summed E-state index contributed by atoms with van der Waals surface area (Å²) < 4.78 is 37.8. The molecule has 0 amide bonds. The van der Waals surface area contributed by atoms with Crippen molar-refractivity contribution in [1.82, 2.24) is 4.72 Å². The second kappa shape index (κ2) is 15.0. The van der Waals surface area contributed by atoms with Gasteiger partial charge in [0.25, 0.3) is 0 Å². The number of nitrogens with zero attached hydrogens (tertiary/aromatic N) is 1. The van der Waals surface area contributed by atoms with Crippen LogP contribution in [-0.2, 0) is 10.0 Å². The van der Waals surface area contributed by atoms with Crippen LogP contribution in [0.15, 0.2) is 111 Å². The largest absolute Gasteiger partial charge is 0.456 e. The van der Waals surface area contributed by atoms with Gasteiger partial charge in [0.05, 0.1) is 15.9 Å². The van der Waals surface area contributed by atoms with Crippen LogP contribution in [0.5, 0.6) is 0 Å². The fourth-order valence-corrected chi connectivity index (χ4v) is 8.07. The van der Waals surface area contributed by atoms with Gasteiger partial charge >= 0.3 is 0 Å². The maximum absolute atomic E-state index is 14.1. The lowest BCUT2D eigenvalue weighted by Crippen LogP contribution is -2.29. The summed E-state index contributed by atoms with van der Waals surface area (Å²) >= 11 is 0. The molecule has 4 aromatic carbocycles. The molecule has 7 heteroatoms. The second-order valence-electron chi connectivity index (χ2n) is 13.4. The maximum Gasteiger partial charge on any atom is 0.241 e. The molecular weight excluding hydrogens is 639 g/mol. The Kier molecular flexibility index (Phi) is 10.6. The van der Waals surface area contributed by atoms with Crippen molar-refractivity contribution in [2.45, 2.75) is 72.1 Å². The van der Waals surface area contributed by atoms with E-state index >= 15 is 0 Å². The van der Waals surface area contributed by atoms with Gasteiger partial charge in [-0.25, -0.2) is 18.1 Å². The number of nitrogens with one attached hydrogen (secondary N) is 2. The van der Waals surface area contributed by atoms with E-state index in [9.17, 15) is 8.42 Å². The summed E-state index contributed by atoms with van der Waals surface area (Å²) in [6, 6.07) is 31.6. The monoisotopic (exact) mass is 685 g/mol. The molecular formula is C43H47N3O3S. The Morgan fingerprint density at radius 2 is 1.46 bits per heavy atom. The molecule has 1 heterocycles. The van der Waals surface area contributed by atoms with Crippen LogP contribution in [0.25, 0.3) is 33.4 Å². The van der Waals surface area contributed by atoms with E-state index in [1.54, 1.807) is 12.1 Å². The van der Waals surface area contributed by atoms with Gasteiger partial charge in [-0.2, -0.15) is 0 Å². The third-order valence-electron chi connectivity index (χ3n) is 9.69. The smallest absolute Gasteiger partial charge is 0.241 e. The summed E-state index contributed by atoms with van der Waals surface area (Å²) in [4.78, 5) is 5.27. The van der Waals surface area contributed by atoms with E-state index < -0.39 is 10.0 Å². The van der Waals surface area contributed by atoms with Crippen molar-refractivity contribution in [2.75, 3.05) is 11.9 Å². The Hall–Kier alpha value is -4.72. The first-order valence-electron chi connectivity index (χ1n) is 17.6. The number of hydrogen-bond donors (Lipinski definition) is 2. The maximum atomic E-state index is 14.1. The van der Waals surface area contributed by atoms with Crippen molar-refractivity contribution in [3.63, 3.8) is 0 Å². The number of unbranched alkanes of at least 4 members (excludes halogenated alkanes) is 1. The lowest BCUT2D eigenvalue weighted by molar-refractivity contribution is 0.444. The molecule has 258 valence electrons. The van der Waals surface area contributed by atoms with Crippen molar-refractivity contribution in [3.05, 3.63) is 125 Å². The van der Waals surface area contributed by atoms with Crippen molar-refractivity contribution in [3.8, 4) is 22.5 Å². The zero-order valence-corrected chi connectivity index (χ0v) is 30.7. The molecule has 0 saturated carbocycles. The Labute approximate surface area is 296 Å². The van der Waals surface area contributed by atoms with E-state index in [4.69, 9.17) is 9.41 Å². The highest BCUT2D eigenvalue weighted by molar-refractivity contribution is 7.89. The highest BCUT2D eigenvalue weighted by Gasteiger charge is 2.25. The Balaban J connectivity index is 1.54. The highest BCUT2D eigenvalue weighted by Crippen LogP contribution is 2.43. The fourth-order valence-electron chi connectivity index (χ4n) is 6.74. The van der Waals surface area contributed by atoms with Crippen LogP contribution in [0.2, 0.25) is 0 Å². The molecule has 1 aliphatic heterocycles. The number of para-hydroxylation sites is 2. The zero-order chi connectivity index (χ0) is 35.4. The fraction of sp³-hybridized carbons (Fsp3) is 0.279. The van der Waals surface area contributed by atoms with Gasteiger partial charge in [-0.3, -0.25) is 0 Å². The lowest BCUT2D eigenvalue weighted by atomic mass is 9.93. The number of fused-ring (bicyclic) bond motifs is 2. The molecule has 0 saturated heterocycles. The summed E-state index contributed by atoms with van der Waals surface area (Å²) in [5.41, 5.74) is 10.2. The minimum Gasteiger partial charge on any atom is -0.456 e. The second-order valence-corrected chi connectivity index (χ2v) is 15.1. The van der Waals surface area contributed by atoms with Gasteiger partial charge in [0, 0.05) is 52.1 Å². The molecule has 6 nitrogen and oxygen atoms in total. The SMILES string of the molecule is CCCCC(CC)CNS(=O)(=O)c1ccccc1-c1c2ccc(=Nc3c(C)cccc3C)cc-2oc2cc(Nc3c(C)cccc3C)ccc12. The first kappa shape index (κ1) is 35.1. The predicted octanol–water partition coefficient (Wildman–Crippen LogP) is 10.9. The van der Waals surface area contributed by atoms with Crippen molar-refractivity contribution in [1.29, 1.82) is 0 Å². The van der Waals surface area contributed by atoms with Crippen molar-refractivity contribution >= 4 is 38.1 Å². The lowest BCUT2D eigenvalue weighted by Gasteiger charge is -2.20. The molecule has 2 N–H and O–H groups in total. The predicted molar refractivity (Wildman–Crippen MR) is 207 cm³/mol. The molecule has 1 atom stereocenters. The van der Waals surface area contributed by atoms with Crippen LogP contribution < -0.4 is 15.4 Å². The summed E-state index contributed by atoms with van der Waals surface area (Å²) in [7, 11) is -3.83. The van der Waals surface area contributed by atoms with E-state index in [1.807, 2.05) is 54.6 Å². The molecule has 0 fully saturated rings. The van der Waals surface area contributed by atoms with Crippen LogP contribution in [0.3, 0.4) is 0 Å². The minimum atomic E-state index is -3.83. The van der Waals surface area contributed by atoms with Gasteiger partial charge in [-0.15, -0.1) is 0 Å². The molecule has 1 unspecified atom stereocenters. The van der Waals surface area contributed by atoms with Crippen LogP contribution in [-0.4, -0.2) is 15.0 Å². The molecule has 4 aromatic rings. The van der Waals surface area contributed by atoms with Crippen molar-refractivity contribution in [2.24, 2.45) is 10.9 Å². The topological polar surface area (TPSA) is 83.7 Å². The summed E-state index contributed by atoms with van der Waals surface area (Å²) in [6.45, 7) is 13.0. The van der Waals surface area contributed by atoms with E-state index in [1.165, 1.54) is 0 Å². The van der Waals surface area contributed by atoms with Crippen LogP contribution in [0.4, 0.5) is 17.1 Å². The first-order chi connectivity index (χ1) is 24.1. The highest BCUT2D eigenvalue weighted by atomic mass is 32.2. The standard InChI is InChI=1S/C43H47N3O3S/c1-7-9-18-32(8-2)27-44-50(47,48)40-20-11-10-19-37(40)41-35-23-21-33(45-42-28(3)14-12-15-29(42)4)25-38(35)49-39-26-34(22-24-36(39)41)46-43-30(5)16-13-17-31(43)6/h10-17,19-26,32,44-45H,7-9,18,27H2,1-6H3. The minimum absolute atomic E-state index is 0.251. The third-order valence-corrected chi connectivity index (χ3v) is 11.2. The van der Waals surface area contributed by atoms with Crippen LogP contribution >= 0.6 is 0 Å². The zero-order valence-electron chi connectivity index (χ0n) is 29.9. The Bertz CT molecular complexity index is 2270. The molecule has 0 bridgehead atoms. The Morgan fingerprint density at radius 3 is 2.16 bits per heavy atom. The summed E-state index contributed by atoms with van der Waals surface area (Å²) in [5, 5.41) is 5.17. The van der Waals surface area contributed by atoms with Gasteiger partial charge in [-0.1, -0.05) is 87.7 Å². The molecule has 0 radical (unpaired) electrons. The molecule has 2 aliphatic rings. The molecule has 0 spiro atoms. The number of hydrogen-bond acceptors (Lipinski definition) is 5. The van der Waals surface area contributed by atoms with Gasteiger partial charge in [0.2, 0.25) is 10.0 Å². The molecule has 1 aliphatic carbocycles. The molecule has 6 rings (SSSR count). The van der Waals surface area contributed by atoms with Gasteiger partial charge in [0.1, 0.15) is 11.3 Å². The summed E-state index contributed by atoms with van der Waals surface area (Å²) in [6.07, 6.45) is 4.10. The first-order valence-corrected chi connectivity index (χ1v) is 19.1. The molecule has 50 heavy (non-hydrogen) atoms. The van der Waals surface area contributed by atoms with E-state index in [2.05, 4.69) is 81.9 Å². The average Bonchev–Trinajstić information content (AvgIpc) is 3.10. The third kappa shape index (κ3) is 7.40. The number of sulfonamides is 1. The quantitative estimate of drug-likeness (QED) is 0.126. The van der Waals surface area contributed by atoms with Crippen LogP contribution in [0, 0.1) is 33.6 Å². The van der Waals surface area contributed by atoms with Crippen LogP contribution in [0.1, 0.15) is 61.8 Å². The normalized spacial score (nSPS) is 12.9.